The summed E-state index contributed by atoms with van der Waals surface area (Å²) in [6.45, 7) is 8.83. The van der Waals surface area contributed by atoms with Gasteiger partial charge in [-0.2, -0.15) is 0 Å². The second kappa shape index (κ2) is 8.13. The lowest BCUT2D eigenvalue weighted by molar-refractivity contribution is 0.120. The van der Waals surface area contributed by atoms with E-state index >= 15 is 0 Å². The van der Waals surface area contributed by atoms with Gasteiger partial charge in [0.2, 0.25) is 0 Å². The van der Waals surface area contributed by atoms with Crippen LogP contribution in [-0.4, -0.2) is 62.8 Å². The van der Waals surface area contributed by atoms with Crippen molar-refractivity contribution in [3.05, 3.63) is 0 Å². The number of ether oxygens (including phenoxy) is 1. The molecule has 0 atom stereocenters. The standard InChI is InChI=1S/C15H30N2O/c1-18-13-5-10-16-11-6-15(7-12-16)14-17-8-3-2-4-9-17/h15H,2-14H2,1H3. The zero-order valence-corrected chi connectivity index (χ0v) is 12.1. The molecule has 0 N–H and O–H groups in total. The summed E-state index contributed by atoms with van der Waals surface area (Å²) in [5.41, 5.74) is 0. The van der Waals surface area contributed by atoms with Crippen molar-refractivity contribution in [2.45, 2.75) is 38.5 Å². The zero-order valence-electron chi connectivity index (χ0n) is 12.1. The van der Waals surface area contributed by atoms with Crippen molar-refractivity contribution >= 4 is 0 Å². The molecule has 0 saturated carbocycles. The van der Waals surface area contributed by atoms with Gasteiger partial charge >= 0.3 is 0 Å². The molecular formula is C15H30N2O. The average Bonchev–Trinajstić information content (AvgIpc) is 2.42. The van der Waals surface area contributed by atoms with Crippen molar-refractivity contribution in [2.24, 2.45) is 5.92 Å². The van der Waals surface area contributed by atoms with Crippen LogP contribution >= 0.6 is 0 Å². The Morgan fingerprint density at radius 2 is 1.67 bits per heavy atom. The highest BCUT2D eigenvalue weighted by Crippen LogP contribution is 2.20. The maximum atomic E-state index is 5.12. The van der Waals surface area contributed by atoms with E-state index in [2.05, 4.69) is 9.80 Å². The maximum absolute atomic E-state index is 5.12. The Balaban J connectivity index is 1.57. The minimum atomic E-state index is 0.910. The van der Waals surface area contributed by atoms with E-state index in [1.807, 2.05) is 0 Å². The summed E-state index contributed by atoms with van der Waals surface area (Å²) in [6.07, 6.45) is 8.31. The van der Waals surface area contributed by atoms with Gasteiger partial charge < -0.3 is 14.5 Å². The third-order valence-electron chi connectivity index (χ3n) is 4.50. The minimum absolute atomic E-state index is 0.910. The van der Waals surface area contributed by atoms with Gasteiger partial charge in [-0.1, -0.05) is 6.42 Å². The number of likely N-dealkylation sites (tertiary alicyclic amines) is 2. The van der Waals surface area contributed by atoms with Crippen molar-refractivity contribution in [3.8, 4) is 0 Å². The molecule has 0 spiro atoms. The van der Waals surface area contributed by atoms with E-state index in [0.29, 0.717) is 0 Å². The summed E-state index contributed by atoms with van der Waals surface area (Å²) < 4.78 is 5.12. The lowest BCUT2D eigenvalue weighted by atomic mass is 9.95. The van der Waals surface area contributed by atoms with E-state index in [-0.39, 0.29) is 0 Å². The van der Waals surface area contributed by atoms with Gasteiger partial charge in [0, 0.05) is 26.8 Å². The van der Waals surface area contributed by atoms with Crippen LogP contribution in [-0.2, 0) is 4.74 Å². The summed E-state index contributed by atoms with van der Waals surface area (Å²) in [6, 6.07) is 0. The Hall–Kier alpha value is -0.120. The second-order valence-electron chi connectivity index (χ2n) is 5.99. The van der Waals surface area contributed by atoms with Crippen LogP contribution in [0.5, 0.6) is 0 Å². The molecule has 0 aromatic heterocycles. The van der Waals surface area contributed by atoms with E-state index in [0.717, 1.165) is 12.5 Å². The molecule has 3 heteroatoms. The lowest BCUT2D eigenvalue weighted by Crippen LogP contribution is -2.40. The molecule has 2 rings (SSSR count). The van der Waals surface area contributed by atoms with Crippen LogP contribution in [0.25, 0.3) is 0 Å². The van der Waals surface area contributed by atoms with Gasteiger partial charge in [-0.25, -0.2) is 0 Å². The van der Waals surface area contributed by atoms with Gasteiger partial charge in [0.15, 0.2) is 0 Å². The van der Waals surface area contributed by atoms with Crippen molar-refractivity contribution < 1.29 is 4.74 Å². The molecule has 2 heterocycles. The van der Waals surface area contributed by atoms with Crippen molar-refractivity contribution in [1.82, 2.24) is 9.80 Å². The Morgan fingerprint density at radius 3 is 2.33 bits per heavy atom. The van der Waals surface area contributed by atoms with E-state index < -0.39 is 0 Å². The summed E-state index contributed by atoms with van der Waals surface area (Å²) in [4.78, 5) is 5.32. The fourth-order valence-corrected chi connectivity index (χ4v) is 3.33. The van der Waals surface area contributed by atoms with Crippen LogP contribution in [0.4, 0.5) is 0 Å². The zero-order chi connectivity index (χ0) is 12.6. The summed E-state index contributed by atoms with van der Waals surface area (Å²) in [7, 11) is 1.80. The molecule has 18 heavy (non-hydrogen) atoms. The Labute approximate surface area is 112 Å². The third-order valence-corrected chi connectivity index (χ3v) is 4.50. The molecule has 0 unspecified atom stereocenters. The van der Waals surface area contributed by atoms with Crippen molar-refractivity contribution in [1.29, 1.82) is 0 Å². The first-order chi connectivity index (χ1) is 8.88. The SMILES string of the molecule is COCCCN1CCC(CN2CCCCC2)CC1. The number of hydrogen-bond acceptors (Lipinski definition) is 3. The quantitative estimate of drug-likeness (QED) is 0.676. The number of nitrogens with zero attached hydrogens (tertiary/aromatic N) is 2. The Kier molecular flexibility index (Phi) is 6.46. The van der Waals surface area contributed by atoms with Gasteiger partial charge in [-0.3, -0.25) is 0 Å². The first-order valence-electron chi connectivity index (χ1n) is 7.82. The maximum Gasteiger partial charge on any atom is 0.0474 e. The molecule has 0 radical (unpaired) electrons. The first-order valence-corrected chi connectivity index (χ1v) is 7.82. The molecule has 2 fully saturated rings. The van der Waals surface area contributed by atoms with E-state index in [9.17, 15) is 0 Å². The topological polar surface area (TPSA) is 15.7 Å². The van der Waals surface area contributed by atoms with Crippen LogP contribution in [0.1, 0.15) is 38.5 Å². The first kappa shape index (κ1) is 14.3. The lowest BCUT2D eigenvalue weighted by Gasteiger charge is -2.36. The Morgan fingerprint density at radius 1 is 0.944 bits per heavy atom. The van der Waals surface area contributed by atoms with Gasteiger partial charge in [0.1, 0.15) is 0 Å². The molecule has 2 saturated heterocycles. The Bertz CT molecular complexity index is 209. The highest BCUT2D eigenvalue weighted by Gasteiger charge is 2.21. The smallest absolute Gasteiger partial charge is 0.0474 e. The molecule has 0 bridgehead atoms. The summed E-state index contributed by atoms with van der Waals surface area (Å²) in [5.74, 6) is 0.960. The van der Waals surface area contributed by atoms with Crippen LogP contribution in [0.15, 0.2) is 0 Å². The van der Waals surface area contributed by atoms with Gasteiger partial charge in [0.25, 0.3) is 0 Å². The van der Waals surface area contributed by atoms with Gasteiger partial charge in [0.05, 0.1) is 0 Å². The van der Waals surface area contributed by atoms with Crippen LogP contribution < -0.4 is 0 Å². The molecule has 2 aliphatic rings. The molecule has 0 aromatic rings. The molecule has 2 aliphatic heterocycles. The molecule has 0 aliphatic carbocycles. The predicted molar refractivity (Wildman–Crippen MR) is 75.9 cm³/mol. The van der Waals surface area contributed by atoms with Gasteiger partial charge in [-0.15, -0.1) is 0 Å². The second-order valence-corrected chi connectivity index (χ2v) is 5.99. The number of hydrogen-bond donors (Lipinski definition) is 0. The van der Waals surface area contributed by atoms with Crippen LogP contribution in [0.3, 0.4) is 0 Å². The normalized spacial score (nSPS) is 24.5. The monoisotopic (exact) mass is 254 g/mol. The van der Waals surface area contributed by atoms with Crippen molar-refractivity contribution in [2.75, 3.05) is 53.0 Å². The molecule has 106 valence electrons. The summed E-state index contributed by atoms with van der Waals surface area (Å²) >= 11 is 0. The third kappa shape index (κ3) is 4.87. The summed E-state index contributed by atoms with van der Waals surface area (Å²) in [5, 5.41) is 0. The average molecular weight is 254 g/mol. The highest BCUT2D eigenvalue weighted by atomic mass is 16.5. The van der Waals surface area contributed by atoms with E-state index in [1.165, 1.54) is 77.8 Å². The number of methoxy groups -OCH3 is 1. The minimum Gasteiger partial charge on any atom is -0.385 e. The van der Waals surface area contributed by atoms with Crippen LogP contribution in [0, 0.1) is 5.92 Å². The predicted octanol–water partition coefficient (Wildman–Crippen LogP) is 2.22. The molecule has 3 nitrogen and oxygen atoms in total. The van der Waals surface area contributed by atoms with E-state index in [1.54, 1.807) is 7.11 Å². The van der Waals surface area contributed by atoms with Crippen molar-refractivity contribution in [3.63, 3.8) is 0 Å². The van der Waals surface area contributed by atoms with Gasteiger partial charge in [-0.05, 0) is 64.2 Å². The van der Waals surface area contributed by atoms with Crippen LogP contribution in [0.2, 0.25) is 0 Å². The molecule has 0 aromatic carbocycles. The highest BCUT2D eigenvalue weighted by molar-refractivity contribution is 4.76. The molecular weight excluding hydrogens is 224 g/mol. The molecule has 0 amide bonds. The number of rotatable bonds is 6. The van der Waals surface area contributed by atoms with E-state index in [4.69, 9.17) is 4.74 Å². The largest absolute Gasteiger partial charge is 0.385 e. The fourth-order valence-electron chi connectivity index (χ4n) is 3.33. The fraction of sp³-hybridized carbons (Fsp3) is 1.00. The number of piperidine rings is 2.